The van der Waals surface area contributed by atoms with Crippen LogP contribution in [0.5, 0.6) is 5.75 Å². The third kappa shape index (κ3) is 5.33. The first-order valence-electron chi connectivity index (χ1n) is 8.96. The van der Waals surface area contributed by atoms with E-state index in [9.17, 15) is 14.7 Å². The number of benzene rings is 1. The van der Waals surface area contributed by atoms with Gasteiger partial charge < -0.3 is 15.1 Å². The molecule has 0 unspecified atom stereocenters. The number of amides is 1. The van der Waals surface area contributed by atoms with Crippen molar-refractivity contribution in [3.8, 4) is 5.75 Å². The van der Waals surface area contributed by atoms with Crippen LogP contribution in [-0.4, -0.2) is 28.6 Å². The first kappa shape index (κ1) is 20.0. The maximum atomic E-state index is 12.8. The lowest BCUT2D eigenvalue weighted by Gasteiger charge is -2.23. The van der Waals surface area contributed by atoms with Crippen LogP contribution in [0.1, 0.15) is 65.5 Å². The summed E-state index contributed by atoms with van der Waals surface area (Å²) in [5.41, 5.74) is 0.344. The molecule has 1 aromatic heterocycles. The Morgan fingerprint density at radius 1 is 1.08 bits per heavy atom. The average Bonchev–Trinajstić information content (AvgIpc) is 3.15. The van der Waals surface area contributed by atoms with Gasteiger partial charge in [0.25, 0.3) is 5.91 Å². The van der Waals surface area contributed by atoms with Gasteiger partial charge in [0, 0.05) is 18.3 Å². The first-order chi connectivity index (χ1) is 12.5. The zero-order valence-corrected chi connectivity index (χ0v) is 15.8. The highest BCUT2D eigenvalue weighted by molar-refractivity contribution is 7.12. The SMILES string of the molecule is CCCCCCCCN(C(=O)c1cccs1)c1ccc(C(=O)O)c(O)c1. The van der Waals surface area contributed by atoms with E-state index in [1.165, 1.54) is 42.7 Å². The van der Waals surface area contributed by atoms with Gasteiger partial charge in [-0.25, -0.2) is 4.79 Å². The number of phenols is 1. The molecule has 0 saturated heterocycles. The predicted octanol–water partition coefficient (Wildman–Crippen LogP) is 5.16. The van der Waals surface area contributed by atoms with Crippen molar-refractivity contribution in [2.75, 3.05) is 11.4 Å². The van der Waals surface area contributed by atoms with Crippen LogP contribution >= 0.6 is 11.3 Å². The third-order valence-corrected chi connectivity index (χ3v) is 5.09. The molecule has 0 spiro atoms. The second-order valence-electron chi connectivity index (χ2n) is 6.21. The van der Waals surface area contributed by atoms with Gasteiger partial charge in [0.2, 0.25) is 0 Å². The summed E-state index contributed by atoms with van der Waals surface area (Å²) in [5.74, 6) is -1.65. The van der Waals surface area contributed by atoms with Crippen LogP contribution in [0, 0.1) is 0 Å². The van der Waals surface area contributed by atoms with Crippen LogP contribution < -0.4 is 4.90 Å². The van der Waals surface area contributed by atoms with Crippen LogP contribution in [0.3, 0.4) is 0 Å². The summed E-state index contributed by atoms with van der Waals surface area (Å²) in [5, 5.41) is 20.9. The van der Waals surface area contributed by atoms with Crippen LogP contribution in [0.4, 0.5) is 5.69 Å². The van der Waals surface area contributed by atoms with Crippen molar-refractivity contribution >= 4 is 28.9 Å². The van der Waals surface area contributed by atoms with E-state index < -0.39 is 5.97 Å². The monoisotopic (exact) mass is 375 g/mol. The summed E-state index contributed by atoms with van der Waals surface area (Å²) in [7, 11) is 0. The Labute approximate surface area is 157 Å². The topological polar surface area (TPSA) is 77.8 Å². The smallest absolute Gasteiger partial charge is 0.339 e. The molecule has 26 heavy (non-hydrogen) atoms. The number of nitrogens with zero attached hydrogens (tertiary/aromatic N) is 1. The highest BCUT2D eigenvalue weighted by Gasteiger charge is 2.20. The Morgan fingerprint density at radius 3 is 2.42 bits per heavy atom. The molecule has 140 valence electrons. The Hall–Kier alpha value is -2.34. The minimum Gasteiger partial charge on any atom is -0.507 e. The molecule has 2 rings (SSSR count). The summed E-state index contributed by atoms with van der Waals surface area (Å²) in [6.45, 7) is 2.71. The molecule has 1 heterocycles. The number of aromatic carboxylic acids is 1. The number of unbranched alkanes of at least 4 members (excludes halogenated alkanes) is 5. The fourth-order valence-electron chi connectivity index (χ4n) is 2.80. The van der Waals surface area contributed by atoms with Crippen molar-refractivity contribution in [2.24, 2.45) is 0 Å². The number of thiophene rings is 1. The van der Waals surface area contributed by atoms with Gasteiger partial charge in [-0.3, -0.25) is 4.79 Å². The van der Waals surface area contributed by atoms with E-state index in [1.54, 1.807) is 17.0 Å². The summed E-state index contributed by atoms with van der Waals surface area (Å²) >= 11 is 1.37. The van der Waals surface area contributed by atoms with Crippen LogP contribution in [0.2, 0.25) is 0 Å². The largest absolute Gasteiger partial charge is 0.507 e. The van der Waals surface area contributed by atoms with E-state index in [1.807, 2.05) is 11.4 Å². The molecule has 1 amide bonds. The predicted molar refractivity (Wildman–Crippen MR) is 104 cm³/mol. The van der Waals surface area contributed by atoms with Crippen molar-refractivity contribution in [1.29, 1.82) is 0 Å². The van der Waals surface area contributed by atoms with Crippen molar-refractivity contribution in [1.82, 2.24) is 0 Å². The zero-order chi connectivity index (χ0) is 18.9. The van der Waals surface area contributed by atoms with Gasteiger partial charge >= 0.3 is 5.97 Å². The molecule has 0 bridgehead atoms. The lowest BCUT2D eigenvalue weighted by molar-refractivity contribution is 0.0693. The number of carboxylic acid groups (broad SMARTS) is 1. The fourth-order valence-corrected chi connectivity index (χ4v) is 3.47. The van der Waals surface area contributed by atoms with E-state index in [-0.39, 0.29) is 17.2 Å². The standard InChI is InChI=1S/C20H25NO4S/c1-2-3-4-5-6-7-12-21(19(23)18-9-8-13-26-18)15-10-11-16(20(24)25)17(22)14-15/h8-11,13-14,22H,2-7,12H2,1H3,(H,24,25). The summed E-state index contributed by atoms with van der Waals surface area (Å²) in [6, 6.07) is 7.86. The zero-order valence-electron chi connectivity index (χ0n) is 15.0. The number of carbonyl (C=O) groups excluding carboxylic acids is 1. The quantitative estimate of drug-likeness (QED) is 0.562. The van der Waals surface area contributed by atoms with E-state index in [0.29, 0.717) is 17.1 Å². The number of hydrogen-bond acceptors (Lipinski definition) is 4. The molecule has 0 radical (unpaired) electrons. The summed E-state index contributed by atoms with van der Waals surface area (Å²) in [6.07, 6.45) is 6.65. The average molecular weight is 375 g/mol. The van der Waals surface area contributed by atoms with Crippen LogP contribution in [0.25, 0.3) is 0 Å². The highest BCUT2D eigenvalue weighted by Crippen LogP contribution is 2.27. The molecule has 0 atom stereocenters. The maximum Gasteiger partial charge on any atom is 0.339 e. The third-order valence-electron chi connectivity index (χ3n) is 4.24. The Balaban J connectivity index is 2.13. The van der Waals surface area contributed by atoms with E-state index in [4.69, 9.17) is 5.11 Å². The molecule has 0 aliphatic heterocycles. The van der Waals surface area contributed by atoms with E-state index in [0.717, 1.165) is 19.3 Å². The lowest BCUT2D eigenvalue weighted by atomic mass is 10.1. The first-order valence-corrected chi connectivity index (χ1v) is 9.84. The molecular formula is C20H25NO4S. The Kier molecular flexibility index (Phi) is 7.66. The van der Waals surface area contributed by atoms with E-state index >= 15 is 0 Å². The molecule has 1 aromatic carbocycles. The fraction of sp³-hybridized carbons (Fsp3) is 0.400. The van der Waals surface area contributed by atoms with E-state index in [2.05, 4.69) is 6.92 Å². The Morgan fingerprint density at radius 2 is 1.81 bits per heavy atom. The Bertz CT molecular complexity index is 727. The normalized spacial score (nSPS) is 10.7. The molecule has 0 aliphatic rings. The molecular weight excluding hydrogens is 350 g/mol. The highest BCUT2D eigenvalue weighted by atomic mass is 32.1. The van der Waals surface area contributed by atoms with Gasteiger partial charge in [-0.1, -0.05) is 45.1 Å². The van der Waals surface area contributed by atoms with Gasteiger partial charge in [0.15, 0.2) is 0 Å². The number of rotatable bonds is 10. The number of carbonyl (C=O) groups is 2. The molecule has 0 saturated carbocycles. The molecule has 2 N–H and O–H groups in total. The minimum absolute atomic E-state index is 0.129. The van der Waals surface area contributed by atoms with Crippen molar-refractivity contribution < 1.29 is 19.8 Å². The second-order valence-corrected chi connectivity index (χ2v) is 7.16. The minimum atomic E-state index is -1.19. The molecule has 5 nitrogen and oxygen atoms in total. The van der Waals surface area contributed by atoms with Gasteiger partial charge in [-0.2, -0.15) is 0 Å². The number of hydrogen-bond donors (Lipinski definition) is 2. The molecule has 0 fully saturated rings. The number of anilines is 1. The van der Waals surface area contributed by atoms with Gasteiger partial charge in [-0.05, 0) is 30.0 Å². The van der Waals surface area contributed by atoms with Crippen molar-refractivity contribution in [2.45, 2.75) is 45.4 Å². The van der Waals surface area contributed by atoms with Crippen LogP contribution in [-0.2, 0) is 0 Å². The van der Waals surface area contributed by atoms with Crippen molar-refractivity contribution in [3.05, 3.63) is 46.2 Å². The molecule has 6 heteroatoms. The van der Waals surface area contributed by atoms with Gasteiger partial charge in [-0.15, -0.1) is 11.3 Å². The van der Waals surface area contributed by atoms with Gasteiger partial charge in [0.1, 0.15) is 11.3 Å². The molecule has 0 aliphatic carbocycles. The maximum absolute atomic E-state index is 12.8. The number of aromatic hydroxyl groups is 1. The molecule has 2 aromatic rings. The van der Waals surface area contributed by atoms with Gasteiger partial charge in [0.05, 0.1) is 4.88 Å². The number of carboxylic acids is 1. The lowest BCUT2D eigenvalue weighted by Crippen LogP contribution is -2.31. The van der Waals surface area contributed by atoms with Crippen molar-refractivity contribution in [3.63, 3.8) is 0 Å². The summed E-state index contributed by atoms with van der Waals surface area (Å²) in [4.78, 5) is 26.2. The second kappa shape index (κ2) is 9.97. The van der Waals surface area contributed by atoms with Crippen LogP contribution in [0.15, 0.2) is 35.7 Å². The summed E-state index contributed by atoms with van der Waals surface area (Å²) < 4.78 is 0.